The number of fused-ring (bicyclic) bond motifs is 1. The molecule has 124 valence electrons. The Morgan fingerprint density at radius 3 is 2.67 bits per heavy atom. The molecule has 2 N–H and O–H groups in total. The molecule has 0 saturated heterocycles. The minimum Gasteiger partial charge on any atom is -0.326 e. The Morgan fingerprint density at radius 1 is 1.17 bits per heavy atom. The van der Waals surface area contributed by atoms with Gasteiger partial charge in [0.05, 0.1) is 18.4 Å². The van der Waals surface area contributed by atoms with E-state index in [2.05, 4.69) is 24.4 Å². The number of rotatable bonds is 4. The van der Waals surface area contributed by atoms with Crippen LogP contribution in [0.3, 0.4) is 0 Å². The van der Waals surface area contributed by atoms with Crippen molar-refractivity contribution in [2.75, 3.05) is 30.4 Å². The predicted octanol–water partition coefficient (Wildman–Crippen LogP) is 0.995. The third kappa shape index (κ3) is 3.46. The smallest absolute Gasteiger partial charge is 0.282 e. The highest BCUT2D eigenvalue weighted by molar-refractivity contribution is 6.10. The van der Waals surface area contributed by atoms with Crippen LogP contribution >= 0.6 is 0 Å². The van der Waals surface area contributed by atoms with Crippen LogP contribution in [0.4, 0.5) is 11.4 Å². The van der Waals surface area contributed by atoms with Gasteiger partial charge in [-0.2, -0.15) is 0 Å². The van der Waals surface area contributed by atoms with E-state index >= 15 is 0 Å². The molecule has 2 aromatic carbocycles. The zero-order valence-corrected chi connectivity index (χ0v) is 14.0. The van der Waals surface area contributed by atoms with Crippen molar-refractivity contribution >= 4 is 23.2 Å². The molecule has 24 heavy (non-hydrogen) atoms. The summed E-state index contributed by atoms with van der Waals surface area (Å²) < 4.78 is 0. The van der Waals surface area contributed by atoms with E-state index < -0.39 is 0 Å². The number of benzene rings is 2. The maximum atomic E-state index is 12.7. The summed E-state index contributed by atoms with van der Waals surface area (Å²) in [6.07, 6.45) is 0. The van der Waals surface area contributed by atoms with Gasteiger partial charge < -0.3 is 10.2 Å². The molecule has 0 saturated carbocycles. The van der Waals surface area contributed by atoms with E-state index in [9.17, 15) is 9.59 Å². The topological polar surface area (TPSA) is 53.9 Å². The van der Waals surface area contributed by atoms with Crippen LogP contribution in [0.15, 0.2) is 48.5 Å². The van der Waals surface area contributed by atoms with E-state index in [0.717, 1.165) is 17.1 Å². The first-order valence-electron chi connectivity index (χ1n) is 8.09. The van der Waals surface area contributed by atoms with E-state index in [0.29, 0.717) is 12.2 Å². The monoisotopic (exact) mass is 324 g/mol. The number of hydrogen-bond donors (Lipinski definition) is 2. The average Bonchev–Trinajstić information content (AvgIpc) is 2.56. The van der Waals surface area contributed by atoms with Gasteiger partial charge in [0.25, 0.3) is 5.91 Å². The summed E-state index contributed by atoms with van der Waals surface area (Å²) in [7, 11) is 2.00. The van der Waals surface area contributed by atoms with Crippen LogP contribution in [-0.2, 0) is 16.1 Å². The van der Waals surface area contributed by atoms with E-state index in [-0.39, 0.29) is 18.4 Å². The predicted molar refractivity (Wildman–Crippen MR) is 94.1 cm³/mol. The van der Waals surface area contributed by atoms with Crippen molar-refractivity contribution in [3.63, 3.8) is 0 Å². The van der Waals surface area contributed by atoms with Gasteiger partial charge in [-0.05, 0) is 24.6 Å². The molecule has 2 aromatic rings. The summed E-state index contributed by atoms with van der Waals surface area (Å²) >= 11 is 0. The Bertz CT molecular complexity index is 773. The zero-order valence-electron chi connectivity index (χ0n) is 14.0. The molecule has 5 heteroatoms. The van der Waals surface area contributed by atoms with Gasteiger partial charge in [-0.1, -0.05) is 36.4 Å². The van der Waals surface area contributed by atoms with Gasteiger partial charge in [0, 0.05) is 5.56 Å². The van der Waals surface area contributed by atoms with Crippen molar-refractivity contribution in [3.8, 4) is 0 Å². The Hall–Kier alpha value is -2.66. The molecule has 1 unspecified atom stereocenters. The largest absolute Gasteiger partial charge is 0.326 e. The minimum absolute atomic E-state index is 0.0385. The number of anilines is 2. The first kappa shape index (κ1) is 16.2. The fourth-order valence-corrected chi connectivity index (χ4v) is 3.01. The molecule has 0 radical (unpaired) electrons. The Labute approximate surface area is 141 Å². The van der Waals surface area contributed by atoms with Gasteiger partial charge in [0.2, 0.25) is 5.91 Å². The summed E-state index contributed by atoms with van der Waals surface area (Å²) in [5.74, 6) is -0.193. The van der Waals surface area contributed by atoms with Gasteiger partial charge in [0.15, 0.2) is 6.54 Å². The minimum atomic E-state index is -0.154. The molecule has 1 heterocycles. The number of hydrogen-bond acceptors (Lipinski definition) is 2. The lowest BCUT2D eigenvalue weighted by Crippen LogP contribution is -3.09. The van der Waals surface area contributed by atoms with Crippen LogP contribution in [0, 0.1) is 6.92 Å². The van der Waals surface area contributed by atoms with Gasteiger partial charge >= 0.3 is 0 Å². The van der Waals surface area contributed by atoms with Crippen molar-refractivity contribution in [1.29, 1.82) is 0 Å². The highest BCUT2D eigenvalue weighted by atomic mass is 16.2. The maximum absolute atomic E-state index is 12.7. The van der Waals surface area contributed by atoms with Crippen molar-refractivity contribution in [1.82, 2.24) is 0 Å². The van der Waals surface area contributed by atoms with Crippen molar-refractivity contribution in [2.45, 2.75) is 13.5 Å². The van der Waals surface area contributed by atoms with Crippen LogP contribution in [-0.4, -0.2) is 32.0 Å². The molecular formula is C19H22N3O2+. The standard InChI is InChI=1S/C19H21N3O2/c1-14-7-3-4-8-15(14)11-21(2)13-19(24)22-12-18(23)20-16-9-5-6-10-17(16)22/h3-10H,11-13H2,1-2H3,(H,20,23)/p+1. The number of quaternary nitrogens is 1. The molecule has 1 aliphatic rings. The summed E-state index contributed by atoms with van der Waals surface area (Å²) in [6.45, 7) is 3.28. The molecule has 3 rings (SSSR count). The van der Waals surface area contributed by atoms with Crippen LogP contribution in [0.2, 0.25) is 0 Å². The second kappa shape index (κ2) is 6.84. The number of carbonyl (C=O) groups excluding carboxylic acids is 2. The fraction of sp³-hybridized carbons (Fsp3) is 0.263. The third-order valence-electron chi connectivity index (χ3n) is 4.28. The van der Waals surface area contributed by atoms with Crippen LogP contribution in [0.1, 0.15) is 11.1 Å². The van der Waals surface area contributed by atoms with Gasteiger partial charge in [-0.3, -0.25) is 14.5 Å². The number of para-hydroxylation sites is 2. The highest BCUT2D eigenvalue weighted by Crippen LogP contribution is 2.28. The van der Waals surface area contributed by atoms with Crippen LogP contribution in [0.25, 0.3) is 0 Å². The molecule has 0 aromatic heterocycles. The SMILES string of the molecule is Cc1ccccc1C[NH+](C)CC(=O)N1CC(=O)Nc2ccccc21. The number of aryl methyl sites for hydroxylation is 1. The Morgan fingerprint density at radius 2 is 1.88 bits per heavy atom. The molecule has 5 nitrogen and oxygen atoms in total. The summed E-state index contributed by atoms with van der Waals surface area (Å²) in [6, 6.07) is 15.6. The van der Waals surface area contributed by atoms with E-state index in [1.165, 1.54) is 11.1 Å². The molecule has 0 bridgehead atoms. The molecule has 0 spiro atoms. The molecule has 0 fully saturated rings. The molecule has 1 aliphatic heterocycles. The number of carbonyl (C=O) groups is 2. The van der Waals surface area contributed by atoms with Crippen molar-refractivity contribution in [3.05, 3.63) is 59.7 Å². The Kier molecular flexibility index (Phi) is 4.62. The fourth-order valence-electron chi connectivity index (χ4n) is 3.01. The lowest BCUT2D eigenvalue weighted by molar-refractivity contribution is -0.885. The third-order valence-corrected chi connectivity index (χ3v) is 4.28. The average molecular weight is 324 g/mol. The first-order valence-corrected chi connectivity index (χ1v) is 8.09. The maximum Gasteiger partial charge on any atom is 0.282 e. The second-order valence-electron chi connectivity index (χ2n) is 6.28. The lowest BCUT2D eigenvalue weighted by atomic mass is 10.1. The highest BCUT2D eigenvalue weighted by Gasteiger charge is 2.28. The number of nitrogens with zero attached hydrogens (tertiary/aromatic N) is 1. The lowest BCUT2D eigenvalue weighted by Gasteiger charge is -2.29. The zero-order chi connectivity index (χ0) is 17.1. The quantitative estimate of drug-likeness (QED) is 0.881. The molecule has 1 atom stereocenters. The summed E-state index contributed by atoms with van der Waals surface area (Å²) in [4.78, 5) is 27.2. The van der Waals surface area contributed by atoms with Crippen LogP contribution < -0.4 is 15.1 Å². The second-order valence-corrected chi connectivity index (χ2v) is 6.28. The number of amides is 2. The molecule has 2 amide bonds. The van der Waals surface area contributed by atoms with E-state index in [1.807, 2.05) is 43.4 Å². The van der Waals surface area contributed by atoms with Gasteiger partial charge in [-0.15, -0.1) is 0 Å². The van der Waals surface area contributed by atoms with E-state index in [4.69, 9.17) is 0 Å². The summed E-state index contributed by atoms with van der Waals surface area (Å²) in [5.41, 5.74) is 3.93. The molecular weight excluding hydrogens is 302 g/mol. The first-order chi connectivity index (χ1) is 11.5. The number of likely N-dealkylation sites (N-methyl/N-ethyl adjacent to an activating group) is 1. The van der Waals surface area contributed by atoms with Crippen molar-refractivity contribution in [2.24, 2.45) is 0 Å². The molecule has 0 aliphatic carbocycles. The van der Waals surface area contributed by atoms with Gasteiger partial charge in [-0.25, -0.2) is 0 Å². The normalized spacial score (nSPS) is 14.8. The van der Waals surface area contributed by atoms with Gasteiger partial charge in [0.1, 0.15) is 13.1 Å². The van der Waals surface area contributed by atoms with E-state index in [1.54, 1.807) is 4.90 Å². The Balaban J connectivity index is 1.71. The summed E-state index contributed by atoms with van der Waals surface area (Å²) in [5, 5.41) is 2.81. The number of nitrogens with one attached hydrogen (secondary N) is 2. The van der Waals surface area contributed by atoms with Crippen molar-refractivity contribution < 1.29 is 14.5 Å². The van der Waals surface area contributed by atoms with Crippen LogP contribution in [0.5, 0.6) is 0 Å².